The van der Waals surface area contributed by atoms with Crippen molar-refractivity contribution in [1.29, 1.82) is 0 Å². The molecule has 0 aliphatic heterocycles. The molecule has 0 spiro atoms. The molecule has 3 atom stereocenters. The van der Waals surface area contributed by atoms with Gasteiger partial charge in [-0.3, -0.25) is 0 Å². The van der Waals surface area contributed by atoms with E-state index in [1.165, 1.54) is 12.8 Å². The lowest BCUT2D eigenvalue weighted by Crippen LogP contribution is -2.44. The van der Waals surface area contributed by atoms with Crippen molar-refractivity contribution in [3.63, 3.8) is 0 Å². The summed E-state index contributed by atoms with van der Waals surface area (Å²) in [4.78, 5) is 17.6. The van der Waals surface area contributed by atoms with Gasteiger partial charge in [-0.2, -0.15) is 0 Å². The third-order valence-corrected chi connectivity index (χ3v) is 5.21. The molecule has 2 amide bonds. The van der Waals surface area contributed by atoms with Crippen LogP contribution in [0.25, 0.3) is 0 Å². The zero-order valence-corrected chi connectivity index (χ0v) is 13.6. The first-order valence-corrected chi connectivity index (χ1v) is 8.28. The number of hydrogen-bond acceptors (Lipinski definition) is 3. The van der Waals surface area contributed by atoms with E-state index in [2.05, 4.69) is 22.5 Å². The van der Waals surface area contributed by atoms with Gasteiger partial charge < -0.3 is 10.6 Å². The fourth-order valence-electron chi connectivity index (χ4n) is 3.00. The first-order chi connectivity index (χ1) is 9.45. The number of amides is 2. The molecule has 1 aliphatic rings. The Morgan fingerprint density at radius 3 is 2.75 bits per heavy atom. The van der Waals surface area contributed by atoms with Crippen LogP contribution in [0.5, 0.6) is 0 Å². The maximum absolute atomic E-state index is 12.1. The Hall–Kier alpha value is -1.10. The Bertz CT molecular complexity index is 472. The van der Waals surface area contributed by atoms with Gasteiger partial charge in [-0.25, -0.2) is 9.78 Å². The molecule has 1 saturated carbocycles. The largest absolute Gasteiger partial charge is 0.335 e. The average Bonchev–Trinajstić information content (AvgIpc) is 2.68. The maximum atomic E-state index is 12.1. The number of aryl methyl sites for hydroxylation is 2. The van der Waals surface area contributed by atoms with Gasteiger partial charge in [0.15, 0.2) is 0 Å². The summed E-state index contributed by atoms with van der Waals surface area (Å²) in [5.41, 5.74) is 1.02. The highest BCUT2D eigenvalue weighted by atomic mass is 32.1. The molecule has 4 nitrogen and oxygen atoms in total. The van der Waals surface area contributed by atoms with Crippen molar-refractivity contribution in [2.75, 3.05) is 0 Å². The summed E-state index contributed by atoms with van der Waals surface area (Å²) in [5, 5.41) is 7.19. The summed E-state index contributed by atoms with van der Waals surface area (Å²) in [7, 11) is 0. The minimum atomic E-state index is -0.0537. The molecule has 1 aromatic heterocycles. The van der Waals surface area contributed by atoms with Crippen molar-refractivity contribution in [1.82, 2.24) is 15.6 Å². The molecule has 5 heteroatoms. The van der Waals surface area contributed by atoms with Gasteiger partial charge in [0, 0.05) is 10.9 Å². The number of thiazole rings is 1. The standard InChI is InChI=1S/C15H25N3OS/c1-9-6-5-7-13(8-9)18-15(19)17-11(3)14-10(2)16-12(4)20-14/h9,11,13H,5-8H2,1-4H3,(H2,17,18,19)/t9-,11-,13+/m0/s1. The second kappa shape index (κ2) is 6.57. The molecule has 1 aromatic rings. The molecule has 112 valence electrons. The fraction of sp³-hybridized carbons (Fsp3) is 0.733. The minimum Gasteiger partial charge on any atom is -0.335 e. The summed E-state index contributed by atoms with van der Waals surface area (Å²) in [6.07, 6.45) is 4.70. The lowest BCUT2D eigenvalue weighted by Gasteiger charge is -2.28. The van der Waals surface area contributed by atoms with E-state index in [1.54, 1.807) is 11.3 Å². The van der Waals surface area contributed by atoms with Crippen molar-refractivity contribution in [2.45, 2.75) is 65.5 Å². The normalized spacial score (nSPS) is 24.2. The minimum absolute atomic E-state index is 0.0159. The van der Waals surface area contributed by atoms with E-state index in [0.29, 0.717) is 6.04 Å². The van der Waals surface area contributed by atoms with Crippen LogP contribution in [0.2, 0.25) is 0 Å². The third-order valence-electron chi connectivity index (χ3n) is 3.95. The van der Waals surface area contributed by atoms with Gasteiger partial charge in [-0.1, -0.05) is 19.8 Å². The van der Waals surface area contributed by atoms with Crippen LogP contribution in [0.15, 0.2) is 0 Å². The number of carbonyl (C=O) groups excluding carboxylic acids is 1. The number of carbonyl (C=O) groups is 1. The monoisotopic (exact) mass is 295 g/mol. The molecule has 0 unspecified atom stereocenters. The van der Waals surface area contributed by atoms with Crippen LogP contribution in [0.1, 0.15) is 61.2 Å². The van der Waals surface area contributed by atoms with E-state index in [1.807, 2.05) is 20.8 Å². The molecule has 0 radical (unpaired) electrons. The molecule has 2 rings (SSSR count). The Morgan fingerprint density at radius 2 is 2.15 bits per heavy atom. The molecule has 0 saturated heterocycles. The smallest absolute Gasteiger partial charge is 0.315 e. The highest BCUT2D eigenvalue weighted by Crippen LogP contribution is 2.25. The van der Waals surface area contributed by atoms with Crippen LogP contribution < -0.4 is 10.6 Å². The van der Waals surface area contributed by atoms with Gasteiger partial charge in [-0.05, 0) is 39.5 Å². The lowest BCUT2D eigenvalue weighted by molar-refractivity contribution is 0.225. The molecule has 1 heterocycles. The van der Waals surface area contributed by atoms with Crippen molar-refractivity contribution < 1.29 is 4.79 Å². The molecular weight excluding hydrogens is 270 g/mol. The van der Waals surface area contributed by atoms with Crippen molar-refractivity contribution in [2.24, 2.45) is 5.92 Å². The quantitative estimate of drug-likeness (QED) is 0.893. The average molecular weight is 295 g/mol. The van der Waals surface area contributed by atoms with Gasteiger partial charge in [0.2, 0.25) is 0 Å². The van der Waals surface area contributed by atoms with Crippen molar-refractivity contribution in [3.8, 4) is 0 Å². The molecule has 0 aromatic carbocycles. The number of rotatable bonds is 3. The number of urea groups is 1. The maximum Gasteiger partial charge on any atom is 0.315 e. The predicted octanol–water partition coefficient (Wildman–Crippen LogP) is 3.70. The molecule has 1 aliphatic carbocycles. The highest BCUT2D eigenvalue weighted by molar-refractivity contribution is 7.11. The zero-order chi connectivity index (χ0) is 14.7. The van der Waals surface area contributed by atoms with E-state index in [-0.39, 0.29) is 12.1 Å². The van der Waals surface area contributed by atoms with Gasteiger partial charge in [0.25, 0.3) is 0 Å². The Labute approximate surface area is 125 Å². The number of nitrogens with one attached hydrogen (secondary N) is 2. The van der Waals surface area contributed by atoms with Gasteiger partial charge >= 0.3 is 6.03 Å². The van der Waals surface area contributed by atoms with Crippen LogP contribution in [0.3, 0.4) is 0 Å². The lowest BCUT2D eigenvalue weighted by atomic mass is 9.87. The topological polar surface area (TPSA) is 54.0 Å². The predicted molar refractivity (Wildman–Crippen MR) is 83.1 cm³/mol. The summed E-state index contributed by atoms with van der Waals surface area (Å²) in [5.74, 6) is 0.720. The number of nitrogens with zero attached hydrogens (tertiary/aromatic N) is 1. The highest BCUT2D eigenvalue weighted by Gasteiger charge is 2.21. The zero-order valence-electron chi connectivity index (χ0n) is 12.8. The van der Waals surface area contributed by atoms with Gasteiger partial charge in [0.1, 0.15) is 0 Å². The second-order valence-corrected chi connectivity index (χ2v) is 7.23. The summed E-state index contributed by atoms with van der Waals surface area (Å²) < 4.78 is 0. The number of aromatic nitrogens is 1. The van der Waals surface area contributed by atoms with Crippen LogP contribution in [0, 0.1) is 19.8 Å². The van der Waals surface area contributed by atoms with Crippen LogP contribution in [-0.4, -0.2) is 17.1 Å². The molecule has 1 fully saturated rings. The van der Waals surface area contributed by atoms with Crippen LogP contribution in [0.4, 0.5) is 4.79 Å². The molecule has 20 heavy (non-hydrogen) atoms. The first-order valence-electron chi connectivity index (χ1n) is 7.46. The fourth-order valence-corrected chi connectivity index (χ4v) is 3.93. The third kappa shape index (κ3) is 3.95. The van der Waals surface area contributed by atoms with E-state index >= 15 is 0 Å². The Balaban J connectivity index is 1.86. The Morgan fingerprint density at radius 1 is 1.40 bits per heavy atom. The van der Waals surface area contributed by atoms with E-state index in [9.17, 15) is 4.79 Å². The SMILES string of the molecule is Cc1nc(C)c([C@H](C)NC(=O)N[C@@H]2CCC[C@H](C)C2)s1. The van der Waals surface area contributed by atoms with Gasteiger partial charge in [-0.15, -0.1) is 11.3 Å². The summed E-state index contributed by atoms with van der Waals surface area (Å²) in [6, 6.07) is 0.291. The summed E-state index contributed by atoms with van der Waals surface area (Å²) in [6.45, 7) is 8.27. The Kier molecular flexibility index (Phi) is 5.02. The van der Waals surface area contributed by atoms with Crippen molar-refractivity contribution >= 4 is 17.4 Å². The van der Waals surface area contributed by atoms with Crippen LogP contribution >= 0.6 is 11.3 Å². The molecular formula is C15H25N3OS. The van der Waals surface area contributed by atoms with E-state index < -0.39 is 0 Å². The summed E-state index contributed by atoms with van der Waals surface area (Å²) >= 11 is 1.66. The first kappa shape index (κ1) is 15.3. The van der Waals surface area contributed by atoms with E-state index in [4.69, 9.17) is 0 Å². The molecule has 0 bridgehead atoms. The molecule has 2 N–H and O–H groups in total. The van der Waals surface area contributed by atoms with Crippen LogP contribution in [-0.2, 0) is 0 Å². The number of hydrogen-bond donors (Lipinski definition) is 2. The van der Waals surface area contributed by atoms with Crippen molar-refractivity contribution in [3.05, 3.63) is 15.6 Å². The van der Waals surface area contributed by atoms with E-state index in [0.717, 1.165) is 34.3 Å². The van der Waals surface area contributed by atoms with Gasteiger partial charge in [0.05, 0.1) is 16.7 Å². The second-order valence-electron chi connectivity index (χ2n) is 5.99.